The van der Waals surface area contributed by atoms with E-state index in [2.05, 4.69) is 21.2 Å². The fourth-order valence-corrected chi connectivity index (χ4v) is 3.68. The number of halogens is 2. The molecular formula is C12H18BrClN2OS. The highest BCUT2D eigenvalue weighted by Gasteiger charge is 2.23. The average Bonchev–Trinajstić information content (AvgIpc) is 2.60. The van der Waals surface area contributed by atoms with Crippen LogP contribution in [0.25, 0.3) is 0 Å². The van der Waals surface area contributed by atoms with Crippen LogP contribution in [0.15, 0.2) is 15.9 Å². The van der Waals surface area contributed by atoms with E-state index in [-0.39, 0.29) is 18.3 Å². The number of nitrogens with one attached hydrogen (secondary N) is 1. The lowest BCUT2D eigenvalue weighted by Gasteiger charge is -2.26. The Morgan fingerprint density at radius 1 is 1.50 bits per heavy atom. The molecule has 1 aliphatic heterocycles. The van der Waals surface area contributed by atoms with Gasteiger partial charge in [-0.05, 0) is 59.7 Å². The van der Waals surface area contributed by atoms with Gasteiger partial charge in [-0.25, -0.2) is 0 Å². The van der Waals surface area contributed by atoms with Crippen LogP contribution < -0.4 is 5.32 Å². The van der Waals surface area contributed by atoms with Crippen molar-refractivity contribution in [3.05, 3.63) is 20.8 Å². The topological polar surface area (TPSA) is 32.3 Å². The third kappa shape index (κ3) is 3.70. The number of carbonyl (C=O) groups excluding carboxylic acids is 1. The van der Waals surface area contributed by atoms with Crippen LogP contribution in [-0.2, 0) is 0 Å². The van der Waals surface area contributed by atoms with Crippen molar-refractivity contribution in [1.82, 2.24) is 10.2 Å². The highest BCUT2D eigenvalue weighted by atomic mass is 79.9. The van der Waals surface area contributed by atoms with E-state index in [1.54, 1.807) is 0 Å². The van der Waals surface area contributed by atoms with Crippen LogP contribution in [-0.4, -0.2) is 37.0 Å². The van der Waals surface area contributed by atoms with Crippen LogP contribution in [0.1, 0.15) is 28.9 Å². The van der Waals surface area contributed by atoms with Gasteiger partial charge in [0, 0.05) is 17.6 Å². The van der Waals surface area contributed by atoms with Gasteiger partial charge in [-0.3, -0.25) is 4.79 Å². The summed E-state index contributed by atoms with van der Waals surface area (Å²) in [7, 11) is 1.92. The van der Waals surface area contributed by atoms with E-state index >= 15 is 0 Å². The van der Waals surface area contributed by atoms with Crippen molar-refractivity contribution in [1.29, 1.82) is 0 Å². The Morgan fingerprint density at radius 2 is 2.28 bits per heavy atom. The lowest BCUT2D eigenvalue weighted by Crippen LogP contribution is -2.37. The standard InChI is InChI=1S/C12H17BrN2OS.ClH/c1-15(9-3-2-6-14-7-4-9)12(16)11-10(13)5-8-17-11;/h5,8-9,14H,2-4,6-7H2,1H3;1H. The second-order valence-corrected chi connectivity index (χ2v) is 6.12. The largest absolute Gasteiger partial charge is 0.338 e. The molecule has 1 amide bonds. The van der Waals surface area contributed by atoms with Crippen molar-refractivity contribution in [2.45, 2.75) is 25.3 Å². The normalized spacial score (nSPS) is 19.8. The van der Waals surface area contributed by atoms with Crippen LogP contribution in [0, 0.1) is 0 Å². The van der Waals surface area contributed by atoms with E-state index in [4.69, 9.17) is 0 Å². The Kier molecular flexibility index (Phi) is 6.63. The van der Waals surface area contributed by atoms with Gasteiger partial charge in [0.1, 0.15) is 4.88 Å². The molecule has 3 nitrogen and oxygen atoms in total. The third-order valence-electron chi connectivity index (χ3n) is 3.22. The summed E-state index contributed by atoms with van der Waals surface area (Å²) >= 11 is 4.93. The number of rotatable bonds is 2. The summed E-state index contributed by atoms with van der Waals surface area (Å²) in [4.78, 5) is 15.0. The van der Waals surface area contributed by atoms with Crippen LogP contribution in [0.4, 0.5) is 0 Å². The van der Waals surface area contributed by atoms with E-state index in [0.717, 1.165) is 41.7 Å². The fraction of sp³-hybridized carbons (Fsp3) is 0.583. The fourth-order valence-electron chi connectivity index (χ4n) is 2.16. The van der Waals surface area contributed by atoms with Gasteiger partial charge in [-0.15, -0.1) is 23.7 Å². The minimum atomic E-state index is 0. The number of amides is 1. The first-order chi connectivity index (χ1) is 8.20. The minimum absolute atomic E-state index is 0. The molecule has 0 saturated carbocycles. The van der Waals surface area contributed by atoms with Crippen molar-refractivity contribution < 1.29 is 4.79 Å². The third-order valence-corrected chi connectivity index (χ3v) is 5.05. The minimum Gasteiger partial charge on any atom is -0.338 e. The maximum Gasteiger partial charge on any atom is 0.265 e. The SMILES string of the molecule is CN(C(=O)c1sccc1Br)C1CCCNCC1.Cl. The van der Waals surface area contributed by atoms with Gasteiger partial charge >= 0.3 is 0 Å². The first-order valence-corrected chi connectivity index (χ1v) is 7.58. The molecule has 1 aromatic rings. The summed E-state index contributed by atoms with van der Waals surface area (Å²) in [6.07, 6.45) is 3.29. The van der Waals surface area contributed by atoms with Gasteiger partial charge in [0.05, 0.1) is 0 Å². The zero-order valence-electron chi connectivity index (χ0n) is 10.3. The maximum absolute atomic E-state index is 12.3. The van der Waals surface area contributed by atoms with E-state index in [0.29, 0.717) is 6.04 Å². The van der Waals surface area contributed by atoms with Crippen LogP contribution in [0.2, 0.25) is 0 Å². The summed E-state index contributed by atoms with van der Waals surface area (Å²) in [6, 6.07) is 2.30. The summed E-state index contributed by atoms with van der Waals surface area (Å²) in [5, 5.41) is 5.32. The second-order valence-electron chi connectivity index (χ2n) is 4.35. The Morgan fingerprint density at radius 3 is 2.94 bits per heavy atom. The summed E-state index contributed by atoms with van der Waals surface area (Å²) < 4.78 is 0.908. The summed E-state index contributed by atoms with van der Waals surface area (Å²) in [6.45, 7) is 2.08. The number of thiophene rings is 1. The van der Waals surface area contributed by atoms with E-state index < -0.39 is 0 Å². The van der Waals surface area contributed by atoms with Crippen molar-refractivity contribution >= 4 is 45.6 Å². The summed E-state index contributed by atoms with van der Waals surface area (Å²) in [5.74, 6) is 0.138. The highest BCUT2D eigenvalue weighted by Crippen LogP contribution is 2.25. The molecule has 1 N–H and O–H groups in total. The number of hydrogen-bond acceptors (Lipinski definition) is 3. The summed E-state index contributed by atoms with van der Waals surface area (Å²) in [5.41, 5.74) is 0. The molecule has 2 rings (SSSR count). The molecule has 0 spiro atoms. The molecule has 18 heavy (non-hydrogen) atoms. The van der Waals surface area contributed by atoms with E-state index in [1.165, 1.54) is 11.3 Å². The van der Waals surface area contributed by atoms with Gasteiger partial charge in [0.2, 0.25) is 0 Å². The first-order valence-electron chi connectivity index (χ1n) is 5.91. The molecule has 1 atom stereocenters. The Balaban J connectivity index is 0.00000162. The monoisotopic (exact) mass is 352 g/mol. The molecule has 0 radical (unpaired) electrons. The predicted molar refractivity (Wildman–Crippen MR) is 81.9 cm³/mol. The van der Waals surface area contributed by atoms with Gasteiger partial charge < -0.3 is 10.2 Å². The zero-order chi connectivity index (χ0) is 12.3. The number of carbonyl (C=O) groups is 1. The molecule has 2 heterocycles. The first kappa shape index (κ1) is 16.0. The molecule has 6 heteroatoms. The quantitative estimate of drug-likeness (QED) is 0.886. The lowest BCUT2D eigenvalue weighted by molar-refractivity contribution is 0.0724. The van der Waals surface area contributed by atoms with Crippen molar-refractivity contribution in [2.75, 3.05) is 20.1 Å². The van der Waals surface area contributed by atoms with Gasteiger partial charge in [0.15, 0.2) is 0 Å². The lowest BCUT2D eigenvalue weighted by atomic mass is 10.1. The Labute approximate surface area is 126 Å². The Hall–Kier alpha value is -0.100. The van der Waals surface area contributed by atoms with Gasteiger partial charge in [-0.2, -0.15) is 0 Å². The Bertz CT molecular complexity index is 391. The smallest absolute Gasteiger partial charge is 0.265 e. The van der Waals surface area contributed by atoms with Crippen molar-refractivity contribution in [3.8, 4) is 0 Å². The van der Waals surface area contributed by atoms with Gasteiger partial charge in [-0.1, -0.05) is 0 Å². The van der Waals surface area contributed by atoms with Gasteiger partial charge in [0.25, 0.3) is 5.91 Å². The number of nitrogens with zero attached hydrogens (tertiary/aromatic N) is 1. The molecule has 1 saturated heterocycles. The highest BCUT2D eigenvalue weighted by molar-refractivity contribution is 9.10. The van der Waals surface area contributed by atoms with Crippen molar-refractivity contribution in [2.24, 2.45) is 0 Å². The predicted octanol–water partition coefficient (Wildman–Crippen LogP) is 3.15. The molecular weight excluding hydrogens is 336 g/mol. The van der Waals surface area contributed by atoms with Crippen molar-refractivity contribution in [3.63, 3.8) is 0 Å². The van der Waals surface area contributed by atoms with E-state index in [9.17, 15) is 4.79 Å². The zero-order valence-corrected chi connectivity index (χ0v) is 13.5. The molecule has 0 aromatic carbocycles. The average molecular weight is 354 g/mol. The molecule has 0 aliphatic carbocycles. The number of hydrogen-bond donors (Lipinski definition) is 1. The van der Waals surface area contributed by atoms with Crippen LogP contribution in [0.5, 0.6) is 0 Å². The van der Waals surface area contributed by atoms with Crippen LogP contribution in [0.3, 0.4) is 0 Å². The molecule has 1 fully saturated rings. The van der Waals surface area contributed by atoms with Crippen LogP contribution >= 0.6 is 39.7 Å². The molecule has 1 aromatic heterocycles. The molecule has 1 aliphatic rings. The second kappa shape index (κ2) is 7.48. The molecule has 102 valence electrons. The molecule has 1 unspecified atom stereocenters. The maximum atomic E-state index is 12.3. The molecule has 0 bridgehead atoms. The van der Waals surface area contributed by atoms with E-state index in [1.807, 2.05) is 23.4 Å².